The number of anilines is 1. The lowest BCUT2D eigenvalue weighted by Crippen LogP contribution is -2.44. The first-order valence-corrected chi connectivity index (χ1v) is 11.8. The van der Waals surface area contributed by atoms with Crippen molar-refractivity contribution in [2.24, 2.45) is 5.73 Å². The number of benzene rings is 1. The van der Waals surface area contributed by atoms with Crippen LogP contribution in [0, 0.1) is 11.3 Å². The molecule has 11 heteroatoms. The Balaban J connectivity index is 1.64. The van der Waals surface area contributed by atoms with Gasteiger partial charge in [-0.15, -0.1) is 0 Å². The smallest absolute Gasteiger partial charge is 0.355 e. The highest BCUT2D eigenvalue weighted by Gasteiger charge is 2.32. The third-order valence-corrected chi connectivity index (χ3v) is 6.52. The van der Waals surface area contributed by atoms with Gasteiger partial charge in [-0.2, -0.15) is 18.4 Å². The molecule has 1 saturated heterocycles. The SMILES string of the molecule is N#Cc1c(N2CCC[C@H](N)C2)n(Cc2ccccc2)c2c(=O)n(Cc3ccc(C(F)(F)F)nc3)cnc12. The van der Waals surface area contributed by atoms with Crippen LogP contribution >= 0.6 is 0 Å². The van der Waals surface area contributed by atoms with Gasteiger partial charge in [0.2, 0.25) is 0 Å². The molecule has 5 rings (SSSR count). The summed E-state index contributed by atoms with van der Waals surface area (Å²) in [6.45, 7) is 1.56. The third-order valence-electron chi connectivity index (χ3n) is 6.52. The molecule has 0 unspecified atom stereocenters. The van der Waals surface area contributed by atoms with Crippen molar-refractivity contribution in [1.82, 2.24) is 19.1 Å². The van der Waals surface area contributed by atoms with E-state index in [9.17, 15) is 23.2 Å². The zero-order valence-corrected chi connectivity index (χ0v) is 19.8. The molecule has 4 heterocycles. The molecule has 0 spiro atoms. The average Bonchev–Trinajstić information content (AvgIpc) is 3.20. The fourth-order valence-corrected chi connectivity index (χ4v) is 4.80. The summed E-state index contributed by atoms with van der Waals surface area (Å²) >= 11 is 0. The molecule has 190 valence electrons. The number of hydrogen-bond donors (Lipinski definition) is 1. The monoisotopic (exact) mass is 507 g/mol. The second-order valence-electron chi connectivity index (χ2n) is 9.15. The van der Waals surface area contributed by atoms with Gasteiger partial charge in [-0.25, -0.2) is 4.98 Å². The van der Waals surface area contributed by atoms with E-state index in [2.05, 4.69) is 16.0 Å². The van der Waals surface area contributed by atoms with E-state index in [1.54, 1.807) is 0 Å². The van der Waals surface area contributed by atoms with Gasteiger partial charge in [0.1, 0.15) is 34.2 Å². The molecule has 1 atom stereocenters. The molecule has 8 nitrogen and oxygen atoms in total. The quantitative estimate of drug-likeness (QED) is 0.443. The average molecular weight is 508 g/mol. The summed E-state index contributed by atoms with van der Waals surface area (Å²) in [6, 6.07) is 13.9. The summed E-state index contributed by atoms with van der Waals surface area (Å²) in [5, 5.41) is 10.1. The van der Waals surface area contributed by atoms with Crippen molar-refractivity contribution >= 4 is 16.9 Å². The number of nitrogens with zero attached hydrogens (tertiary/aromatic N) is 6. The topological polar surface area (TPSA) is 106 Å². The minimum atomic E-state index is -4.55. The van der Waals surface area contributed by atoms with Crippen molar-refractivity contribution in [3.63, 3.8) is 0 Å². The highest BCUT2D eigenvalue weighted by atomic mass is 19.4. The van der Waals surface area contributed by atoms with Gasteiger partial charge in [-0.3, -0.25) is 14.3 Å². The van der Waals surface area contributed by atoms with Crippen LogP contribution in [0.5, 0.6) is 0 Å². The van der Waals surface area contributed by atoms with E-state index in [1.165, 1.54) is 17.0 Å². The van der Waals surface area contributed by atoms with E-state index in [4.69, 9.17) is 5.73 Å². The van der Waals surface area contributed by atoms with Crippen LogP contribution in [-0.4, -0.2) is 38.2 Å². The standard InChI is InChI=1S/C26H24F3N7O/c27-26(28,29)21-9-8-18(12-32-21)13-35-16-33-22-20(11-30)24(34-10-4-7-19(31)15-34)36(23(22)25(35)37)14-17-5-2-1-3-6-17/h1-3,5-6,8-9,12,16,19H,4,7,10,13-15,31H2/t19-/m0/s1. The van der Waals surface area contributed by atoms with Crippen molar-refractivity contribution in [2.75, 3.05) is 18.0 Å². The van der Waals surface area contributed by atoms with Crippen molar-refractivity contribution in [2.45, 2.75) is 38.1 Å². The number of aromatic nitrogens is 4. The van der Waals surface area contributed by atoms with Crippen LogP contribution in [0.25, 0.3) is 11.0 Å². The maximum absolute atomic E-state index is 13.7. The van der Waals surface area contributed by atoms with Crippen LogP contribution in [0.15, 0.2) is 59.8 Å². The number of pyridine rings is 1. The molecule has 3 aromatic heterocycles. The highest BCUT2D eigenvalue weighted by molar-refractivity contribution is 5.89. The first-order chi connectivity index (χ1) is 17.8. The molecule has 0 bridgehead atoms. The lowest BCUT2D eigenvalue weighted by molar-refractivity contribution is -0.141. The number of halogens is 3. The van der Waals surface area contributed by atoms with Gasteiger partial charge in [-0.1, -0.05) is 36.4 Å². The van der Waals surface area contributed by atoms with Crippen LogP contribution in [0.4, 0.5) is 19.0 Å². The van der Waals surface area contributed by atoms with Crippen LogP contribution in [0.2, 0.25) is 0 Å². The van der Waals surface area contributed by atoms with Gasteiger partial charge in [0, 0.05) is 31.9 Å². The van der Waals surface area contributed by atoms with Crippen LogP contribution in [-0.2, 0) is 19.3 Å². The van der Waals surface area contributed by atoms with E-state index in [-0.39, 0.29) is 18.1 Å². The molecule has 1 aliphatic rings. The largest absolute Gasteiger partial charge is 0.433 e. The number of nitriles is 1. The molecule has 1 fully saturated rings. The van der Waals surface area contributed by atoms with E-state index in [0.29, 0.717) is 42.1 Å². The van der Waals surface area contributed by atoms with Crippen molar-refractivity contribution in [1.29, 1.82) is 5.26 Å². The molecular formula is C26H24F3N7O. The predicted octanol–water partition coefficient (Wildman–Crippen LogP) is 3.51. The molecule has 0 aliphatic carbocycles. The Kier molecular flexibility index (Phi) is 6.43. The van der Waals surface area contributed by atoms with Gasteiger partial charge < -0.3 is 15.2 Å². The van der Waals surface area contributed by atoms with Crippen LogP contribution in [0.1, 0.15) is 35.2 Å². The summed E-state index contributed by atoms with van der Waals surface area (Å²) in [5.41, 5.74) is 7.05. The summed E-state index contributed by atoms with van der Waals surface area (Å²) in [7, 11) is 0. The van der Waals surface area contributed by atoms with E-state index in [1.807, 2.05) is 39.8 Å². The Labute approximate surface area is 210 Å². The Morgan fingerprint density at radius 3 is 2.51 bits per heavy atom. The molecular weight excluding hydrogens is 483 g/mol. The fraction of sp³-hybridized carbons (Fsp3) is 0.308. The Morgan fingerprint density at radius 2 is 1.86 bits per heavy atom. The van der Waals surface area contributed by atoms with Gasteiger partial charge in [0.15, 0.2) is 0 Å². The molecule has 37 heavy (non-hydrogen) atoms. The zero-order valence-electron chi connectivity index (χ0n) is 19.8. The maximum Gasteiger partial charge on any atom is 0.433 e. The summed E-state index contributed by atoms with van der Waals surface area (Å²) in [5.74, 6) is 0.607. The molecule has 2 N–H and O–H groups in total. The number of nitrogens with two attached hydrogens (primary N) is 1. The second kappa shape index (κ2) is 9.71. The molecule has 0 radical (unpaired) electrons. The molecule has 1 aromatic carbocycles. The molecule has 1 aliphatic heterocycles. The van der Waals surface area contributed by atoms with Gasteiger partial charge in [0.25, 0.3) is 5.56 Å². The predicted molar refractivity (Wildman–Crippen MR) is 132 cm³/mol. The summed E-state index contributed by atoms with van der Waals surface area (Å²) in [4.78, 5) is 23.7. The zero-order chi connectivity index (χ0) is 26.2. The lowest BCUT2D eigenvalue weighted by atomic mass is 10.1. The van der Waals surface area contributed by atoms with Gasteiger partial charge in [-0.05, 0) is 30.0 Å². The highest BCUT2D eigenvalue weighted by Crippen LogP contribution is 2.32. The van der Waals surface area contributed by atoms with Gasteiger partial charge >= 0.3 is 6.18 Å². The van der Waals surface area contributed by atoms with Gasteiger partial charge in [0.05, 0.1) is 12.9 Å². The molecule has 0 amide bonds. The Morgan fingerprint density at radius 1 is 1.08 bits per heavy atom. The maximum atomic E-state index is 13.7. The lowest BCUT2D eigenvalue weighted by Gasteiger charge is -2.33. The van der Waals surface area contributed by atoms with Crippen LogP contribution < -0.4 is 16.2 Å². The number of fused-ring (bicyclic) bond motifs is 1. The number of alkyl halides is 3. The second-order valence-corrected chi connectivity index (χ2v) is 9.15. The minimum absolute atomic E-state index is 0.0186. The number of piperidine rings is 1. The van der Waals surface area contributed by atoms with E-state index < -0.39 is 17.4 Å². The Bertz CT molecular complexity index is 1520. The normalized spacial score (nSPS) is 16.2. The summed E-state index contributed by atoms with van der Waals surface area (Å²) in [6.07, 6.45) is -0.387. The first kappa shape index (κ1) is 24.5. The fourth-order valence-electron chi connectivity index (χ4n) is 4.80. The van der Waals surface area contributed by atoms with Crippen molar-refractivity contribution in [3.05, 3.63) is 87.7 Å². The molecule has 4 aromatic rings. The third kappa shape index (κ3) is 4.80. The van der Waals surface area contributed by atoms with Crippen molar-refractivity contribution in [3.8, 4) is 6.07 Å². The number of hydrogen-bond acceptors (Lipinski definition) is 6. The van der Waals surface area contributed by atoms with E-state index >= 15 is 0 Å². The van der Waals surface area contributed by atoms with Crippen LogP contribution in [0.3, 0.4) is 0 Å². The first-order valence-electron chi connectivity index (χ1n) is 11.8. The summed E-state index contributed by atoms with van der Waals surface area (Å²) < 4.78 is 41.8. The number of rotatable bonds is 5. The Hall–Kier alpha value is -4.17. The minimum Gasteiger partial charge on any atom is -0.355 e. The molecule has 0 saturated carbocycles. The van der Waals surface area contributed by atoms with E-state index in [0.717, 1.165) is 30.7 Å². The van der Waals surface area contributed by atoms with Crippen molar-refractivity contribution < 1.29 is 13.2 Å².